The lowest BCUT2D eigenvalue weighted by atomic mass is 10.1. The van der Waals surface area contributed by atoms with Crippen molar-refractivity contribution in [3.05, 3.63) is 64.2 Å². The number of piperazine rings is 1. The molecule has 0 atom stereocenters. The minimum absolute atomic E-state index is 0.0870. The van der Waals surface area contributed by atoms with Gasteiger partial charge in [0.2, 0.25) is 10.0 Å². The third-order valence-electron chi connectivity index (χ3n) is 4.52. The number of sulfonamides is 1. The number of benzene rings is 2. The molecule has 1 fully saturated rings. The van der Waals surface area contributed by atoms with Crippen LogP contribution in [0.4, 0.5) is 0 Å². The highest BCUT2D eigenvalue weighted by molar-refractivity contribution is 7.89. The van der Waals surface area contributed by atoms with Crippen molar-refractivity contribution in [2.75, 3.05) is 26.2 Å². The molecule has 0 spiro atoms. The van der Waals surface area contributed by atoms with Crippen LogP contribution < -0.4 is 0 Å². The molecule has 0 amide bonds. The standard InChI is InChI=1S/C19H17ClN4O2S/c20-19-6-5-18(11-17(19)13-22)27(25,26)24-9-7-23(8-10-24)14-16-3-1-15(12-21)2-4-16/h1-6,11H,7-10,14H2. The Morgan fingerprint density at radius 3 is 2.22 bits per heavy atom. The Morgan fingerprint density at radius 1 is 0.963 bits per heavy atom. The van der Waals surface area contributed by atoms with Crippen molar-refractivity contribution in [2.24, 2.45) is 0 Å². The summed E-state index contributed by atoms with van der Waals surface area (Å²) in [5.41, 5.74) is 1.85. The molecular weight excluding hydrogens is 384 g/mol. The van der Waals surface area contributed by atoms with Crippen LogP contribution in [-0.4, -0.2) is 43.8 Å². The van der Waals surface area contributed by atoms with Gasteiger partial charge in [0.05, 0.1) is 27.1 Å². The lowest BCUT2D eigenvalue weighted by Gasteiger charge is -2.34. The minimum atomic E-state index is -3.66. The van der Waals surface area contributed by atoms with E-state index in [1.54, 1.807) is 12.1 Å². The second-order valence-corrected chi connectivity index (χ2v) is 8.59. The zero-order valence-electron chi connectivity index (χ0n) is 14.5. The second kappa shape index (κ2) is 8.08. The van der Waals surface area contributed by atoms with Crippen LogP contribution in [0.2, 0.25) is 5.02 Å². The maximum absolute atomic E-state index is 12.8. The molecule has 1 heterocycles. The smallest absolute Gasteiger partial charge is 0.243 e. The van der Waals surface area contributed by atoms with Gasteiger partial charge < -0.3 is 0 Å². The van der Waals surface area contributed by atoms with Crippen molar-refractivity contribution in [1.82, 2.24) is 9.21 Å². The number of hydrogen-bond donors (Lipinski definition) is 0. The summed E-state index contributed by atoms with van der Waals surface area (Å²) in [6, 6.07) is 15.6. The van der Waals surface area contributed by atoms with Gasteiger partial charge >= 0.3 is 0 Å². The van der Waals surface area contributed by atoms with Crippen molar-refractivity contribution < 1.29 is 8.42 Å². The molecule has 0 aliphatic carbocycles. The molecule has 0 N–H and O–H groups in total. The van der Waals surface area contributed by atoms with Crippen molar-refractivity contribution in [1.29, 1.82) is 10.5 Å². The monoisotopic (exact) mass is 400 g/mol. The number of hydrogen-bond acceptors (Lipinski definition) is 5. The van der Waals surface area contributed by atoms with Gasteiger partial charge in [0.1, 0.15) is 6.07 Å². The molecule has 1 aliphatic rings. The summed E-state index contributed by atoms with van der Waals surface area (Å²) in [5, 5.41) is 18.1. The maximum atomic E-state index is 12.8. The van der Waals surface area contributed by atoms with Gasteiger partial charge in [-0.15, -0.1) is 0 Å². The normalized spacial score (nSPS) is 15.8. The molecule has 2 aromatic carbocycles. The largest absolute Gasteiger partial charge is 0.296 e. The van der Waals surface area contributed by atoms with Crippen LogP contribution >= 0.6 is 11.6 Å². The quantitative estimate of drug-likeness (QED) is 0.787. The number of nitriles is 2. The number of nitrogens with zero attached hydrogens (tertiary/aromatic N) is 4. The van der Waals surface area contributed by atoms with Crippen LogP contribution in [0.25, 0.3) is 0 Å². The highest BCUT2D eigenvalue weighted by Crippen LogP contribution is 2.23. The van der Waals surface area contributed by atoms with Crippen molar-refractivity contribution in [3.63, 3.8) is 0 Å². The van der Waals surface area contributed by atoms with Crippen molar-refractivity contribution in [3.8, 4) is 12.1 Å². The van der Waals surface area contributed by atoms with E-state index in [1.165, 1.54) is 22.5 Å². The molecule has 8 heteroatoms. The Labute approximate surface area is 163 Å². The van der Waals surface area contributed by atoms with Crippen LogP contribution in [0.15, 0.2) is 47.4 Å². The zero-order chi connectivity index (χ0) is 19.4. The van der Waals surface area contributed by atoms with Gasteiger partial charge in [0.25, 0.3) is 0 Å². The summed E-state index contributed by atoms with van der Waals surface area (Å²) in [5.74, 6) is 0. The summed E-state index contributed by atoms with van der Waals surface area (Å²) < 4.78 is 27.1. The molecule has 6 nitrogen and oxygen atoms in total. The molecule has 0 unspecified atom stereocenters. The Balaban J connectivity index is 1.66. The average Bonchev–Trinajstić information content (AvgIpc) is 2.69. The van der Waals surface area contributed by atoms with Gasteiger partial charge in [-0.3, -0.25) is 4.90 Å². The first-order valence-electron chi connectivity index (χ1n) is 8.35. The van der Waals surface area contributed by atoms with Crippen molar-refractivity contribution in [2.45, 2.75) is 11.4 Å². The Hall–Kier alpha value is -2.42. The molecule has 0 radical (unpaired) electrons. The summed E-state index contributed by atoms with van der Waals surface area (Å²) in [4.78, 5) is 2.26. The predicted octanol–water partition coefficient (Wildman–Crippen LogP) is 2.59. The Morgan fingerprint density at radius 2 is 1.63 bits per heavy atom. The molecule has 2 aromatic rings. The van der Waals surface area contributed by atoms with Gasteiger partial charge in [0, 0.05) is 32.7 Å². The lowest BCUT2D eigenvalue weighted by Crippen LogP contribution is -2.48. The van der Waals surface area contributed by atoms with E-state index in [0.29, 0.717) is 38.3 Å². The van der Waals surface area contributed by atoms with E-state index in [-0.39, 0.29) is 15.5 Å². The number of halogens is 1. The molecule has 0 aromatic heterocycles. The lowest BCUT2D eigenvalue weighted by molar-refractivity contribution is 0.181. The van der Waals surface area contributed by atoms with Gasteiger partial charge in [-0.25, -0.2) is 8.42 Å². The molecule has 0 saturated carbocycles. The molecule has 1 saturated heterocycles. The SMILES string of the molecule is N#Cc1ccc(CN2CCN(S(=O)(=O)c3ccc(Cl)c(C#N)c3)CC2)cc1. The van der Waals surface area contributed by atoms with Crippen LogP contribution in [0.3, 0.4) is 0 Å². The molecule has 138 valence electrons. The first-order valence-corrected chi connectivity index (χ1v) is 10.2. The first-order chi connectivity index (χ1) is 12.9. The van der Waals surface area contributed by atoms with Gasteiger partial charge in [-0.05, 0) is 35.9 Å². The van der Waals surface area contributed by atoms with E-state index < -0.39 is 10.0 Å². The van der Waals surface area contributed by atoms with E-state index in [4.69, 9.17) is 22.1 Å². The fourth-order valence-corrected chi connectivity index (χ4v) is 4.58. The molecule has 3 rings (SSSR count). The van der Waals surface area contributed by atoms with Gasteiger partial charge in [-0.2, -0.15) is 14.8 Å². The summed E-state index contributed by atoms with van der Waals surface area (Å²) in [6.45, 7) is 2.68. The van der Waals surface area contributed by atoms with E-state index in [9.17, 15) is 8.42 Å². The van der Waals surface area contributed by atoms with Crippen LogP contribution in [-0.2, 0) is 16.6 Å². The van der Waals surface area contributed by atoms with Crippen LogP contribution in [0, 0.1) is 22.7 Å². The highest BCUT2D eigenvalue weighted by atomic mass is 35.5. The molecule has 27 heavy (non-hydrogen) atoms. The van der Waals surface area contributed by atoms with Crippen LogP contribution in [0.1, 0.15) is 16.7 Å². The first kappa shape index (κ1) is 19.3. The third kappa shape index (κ3) is 4.29. The molecule has 1 aliphatic heterocycles. The molecule has 0 bridgehead atoms. The number of rotatable bonds is 4. The fraction of sp³-hybridized carbons (Fsp3) is 0.263. The maximum Gasteiger partial charge on any atom is 0.243 e. The topological polar surface area (TPSA) is 88.2 Å². The Bertz CT molecular complexity index is 1020. The minimum Gasteiger partial charge on any atom is -0.296 e. The summed E-state index contributed by atoms with van der Waals surface area (Å²) >= 11 is 5.89. The third-order valence-corrected chi connectivity index (χ3v) is 6.74. The van der Waals surface area contributed by atoms with E-state index in [2.05, 4.69) is 11.0 Å². The van der Waals surface area contributed by atoms with E-state index in [0.717, 1.165) is 5.56 Å². The summed E-state index contributed by atoms with van der Waals surface area (Å²) in [7, 11) is -3.66. The predicted molar refractivity (Wildman–Crippen MR) is 101 cm³/mol. The molecular formula is C19H17ClN4O2S. The van der Waals surface area contributed by atoms with Crippen molar-refractivity contribution >= 4 is 21.6 Å². The highest BCUT2D eigenvalue weighted by Gasteiger charge is 2.29. The average molecular weight is 401 g/mol. The van der Waals surface area contributed by atoms with Gasteiger partial charge in [-0.1, -0.05) is 23.7 Å². The Kier molecular flexibility index (Phi) is 5.79. The zero-order valence-corrected chi connectivity index (χ0v) is 16.0. The van der Waals surface area contributed by atoms with E-state index >= 15 is 0 Å². The van der Waals surface area contributed by atoms with Gasteiger partial charge in [0.15, 0.2) is 0 Å². The van der Waals surface area contributed by atoms with E-state index in [1.807, 2.05) is 18.2 Å². The summed E-state index contributed by atoms with van der Waals surface area (Å²) in [6.07, 6.45) is 0. The van der Waals surface area contributed by atoms with Crippen LogP contribution in [0.5, 0.6) is 0 Å². The second-order valence-electron chi connectivity index (χ2n) is 6.24. The fourth-order valence-electron chi connectivity index (χ4n) is 2.97.